The van der Waals surface area contributed by atoms with Gasteiger partial charge in [0, 0.05) is 26.6 Å². The Morgan fingerprint density at radius 2 is 1.78 bits per heavy atom. The Bertz CT molecular complexity index is 295. The molecule has 6 heteroatoms. The predicted octanol–water partition coefficient (Wildman–Crippen LogP) is 0.682. The number of carbonyl (C=O) groups excluding carboxylic acids is 2. The number of carbonyl (C=O) groups is 2. The SMILES string of the molecule is BOC(=O)N(C)CCN(C)C(C)(C)C(=O)CCC. The van der Waals surface area contributed by atoms with Crippen LogP contribution in [0.15, 0.2) is 0 Å². The van der Waals surface area contributed by atoms with Gasteiger partial charge in [-0.15, -0.1) is 0 Å². The zero-order chi connectivity index (χ0) is 14.3. The maximum Gasteiger partial charge on any atom is 0.391 e. The lowest BCUT2D eigenvalue weighted by Gasteiger charge is -2.35. The molecule has 5 nitrogen and oxygen atoms in total. The van der Waals surface area contributed by atoms with E-state index < -0.39 is 5.54 Å². The molecule has 104 valence electrons. The molecule has 0 atom stereocenters. The zero-order valence-electron chi connectivity index (χ0n) is 12.4. The molecular weight excluding hydrogens is 231 g/mol. The van der Waals surface area contributed by atoms with Gasteiger partial charge in [-0.3, -0.25) is 9.69 Å². The third-order valence-corrected chi connectivity index (χ3v) is 3.37. The van der Waals surface area contributed by atoms with Gasteiger partial charge in [-0.05, 0) is 27.3 Å². The first-order valence-corrected chi connectivity index (χ1v) is 6.31. The fraction of sp³-hybridized carbons (Fsp3) is 0.833. The Morgan fingerprint density at radius 1 is 1.22 bits per heavy atom. The Balaban J connectivity index is 4.35. The molecule has 0 heterocycles. The van der Waals surface area contributed by atoms with Crippen molar-refractivity contribution < 1.29 is 14.2 Å². The molecule has 0 aromatic rings. The monoisotopic (exact) mass is 256 g/mol. The van der Waals surface area contributed by atoms with Crippen molar-refractivity contribution in [2.75, 3.05) is 27.2 Å². The van der Waals surface area contributed by atoms with Crippen LogP contribution < -0.4 is 0 Å². The standard InChI is InChI=1S/C12H25BN2O3/c1-6-7-10(16)12(2,3)15(5)9-8-14(4)11(17)18-13/h6-9,13H2,1-5H3. The summed E-state index contributed by atoms with van der Waals surface area (Å²) >= 11 is 0. The summed E-state index contributed by atoms with van der Waals surface area (Å²) in [6.45, 7) is 7.01. The van der Waals surface area contributed by atoms with Crippen molar-refractivity contribution >= 4 is 19.9 Å². The minimum absolute atomic E-state index is 0.230. The van der Waals surface area contributed by atoms with E-state index in [0.29, 0.717) is 19.5 Å². The highest BCUT2D eigenvalue weighted by Gasteiger charge is 2.31. The van der Waals surface area contributed by atoms with Gasteiger partial charge < -0.3 is 9.55 Å². The minimum Gasteiger partial charge on any atom is -0.528 e. The molecule has 0 saturated heterocycles. The first kappa shape index (κ1) is 17.0. The fourth-order valence-corrected chi connectivity index (χ4v) is 1.57. The zero-order valence-corrected chi connectivity index (χ0v) is 12.4. The highest BCUT2D eigenvalue weighted by atomic mass is 16.5. The van der Waals surface area contributed by atoms with Gasteiger partial charge in [0.05, 0.1) is 5.54 Å². The number of amides is 1. The van der Waals surface area contributed by atoms with Crippen LogP contribution in [0.4, 0.5) is 4.79 Å². The minimum atomic E-state index is -0.493. The van der Waals surface area contributed by atoms with E-state index in [2.05, 4.69) is 4.65 Å². The van der Waals surface area contributed by atoms with Crippen LogP contribution in [0.5, 0.6) is 0 Å². The molecule has 0 unspecified atom stereocenters. The van der Waals surface area contributed by atoms with Crippen LogP contribution in [0.3, 0.4) is 0 Å². The van der Waals surface area contributed by atoms with Crippen molar-refractivity contribution in [1.29, 1.82) is 0 Å². The van der Waals surface area contributed by atoms with Crippen LogP contribution >= 0.6 is 0 Å². The van der Waals surface area contributed by atoms with Crippen molar-refractivity contribution in [3.05, 3.63) is 0 Å². The first-order valence-electron chi connectivity index (χ1n) is 6.31. The molecule has 0 aliphatic carbocycles. The molecule has 0 radical (unpaired) electrons. The summed E-state index contributed by atoms with van der Waals surface area (Å²) in [5.74, 6) is 0.230. The van der Waals surface area contributed by atoms with Gasteiger partial charge in [-0.1, -0.05) is 6.92 Å². The summed E-state index contributed by atoms with van der Waals surface area (Å²) in [4.78, 5) is 26.7. The first-order chi connectivity index (χ1) is 8.27. The van der Waals surface area contributed by atoms with Gasteiger partial charge in [0.1, 0.15) is 0 Å². The summed E-state index contributed by atoms with van der Waals surface area (Å²) in [6.07, 6.45) is 1.09. The van der Waals surface area contributed by atoms with Gasteiger partial charge >= 0.3 is 14.1 Å². The van der Waals surface area contributed by atoms with E-state index in [0.717, 1.165) is 6.42 Å². The van der Waals surface area contributed by atoms with Crippen molar-refractivity contribution in [2.45, 2.75) is 39.2 Å². The molecule has 0 N–H and O–H groups in total. The molecule has 0 saturated carbocycles. The Morgan fingerprint density at radius 3 is 2.22 bits per heavy atom. The molecule has 0 fully saturated rings. The summed E-state index contributed by atoms with van der Waals surface area (Å²) < 4.78 is 4.62. The number of hydrogen-bond donors (Lipinski definition) is 0. The molecule has 0 spiro atoms. The topological polar surface area (TPSA) is 49.9 Å². The Hall–Kier alpha value is -1.04. The van der Waals surface area contributed by atoms with Crippen molar-refractivity contribution in [3.8, 4) is 0 Å². The summed E-state index contributed by atoms with van der Waals surface area (Å²) in [5, 5.41) is 0. The summed E-state index contributed by atoms with van der Waals surface area (Å²) in [5.41, 5.74) is -0.493. The highest BCUT2D eigenvalue weighted by Crippen LogP contribution is 2.16. The maximum atomic E-state index is 12.0. The lowest BCUT2D eigenvalue weighted by Crippen LogP contribution is -2.50. The molecule has 1 amide bonds. The molecule has 0 aliphatic heterocycles. The van der Waals surface area contributed by atoms with Crippen molar-refractivity contribution in [3.63, 3.8) is 0 Å². The Kier molecular flexibility index (Phi) is 6.98. The highest BCUT2D eigenvalue weighted by molar-refractivity contribution is 6.04. The largest absolute Gasteiger partial charge is 0.528 e. The molecule has 0 aliphatic rings. The number of likely N-dealkylation sites (N-methyl/N-ethyl adjacent to an activating group) is 2. The average Bonchev–Trinajstić information content (AvgIpc) is 2.34. The lowest BCUT2D eigenvalue weighted by molar-refractivity contribution is -0.128. The average molecular weight is 256 g/mol. The van der Waals surface area contributed by atoms with E-state index in [1.54, 1.807) is 7.05 Å². The second-order valence-electron chi connectivity index (χ2n) is 5.05. The molecule has 0 bridgehead atoms. The second kappa shape index (κ2) is 7.41. The number of rotatable bonds is 7. The number of ketones is 1. The fourth-order valence-electron chi connectivity index (χ4n) is 1.57. The van der Waals surface area contributed by atoms with Gasteiger partial charge in [0.25, 0.3) is 0 Å². The van der Waals surface area contributed by atoms with Crippen LogP contribution in [0.25, 0.3) is 0 Å². The van der Waals surface area contributed by atoms with E-state index in [-0.39, 0.29) is 11.9 Å². The van der Waals surface area contributed by atoms with Crippen LogP contribution in [0.1, 0.15) is 33.6 Å². The van der Waals surface area contributed by atoms with Crippen LogP contribution in [0.2, 0.25) is 0 Å². The number of nitrogens with zero attached hydrogens (tertiary/aromatic N) is 2. The van der Waals surface area contributed by atoms with E-state index in [1.807, 2.05) is 32.7 Å². The second-order valence-corrected chi connectivity index (χ2v) is 5.05. The summed E-state index contributed by atoms with van der Waals surface area (Å²) in [6, 6.07) is 0. The smallest absolute Gasteiger partial charge is 0.391 e. The molecule has 18 heavy (non-hydrogen) atoms. The molecular formula is C12H25BN2O3. The predicted molar refractivity (Wildman–Crippen MR) is 74.3 cm³/mol. The molecule has 0 aromatic heterocycles. The van der Waals surface area contributed by atoms with Gasteiger partial charge in [-0.2, -0.15) is 0 Å². The summed E-state index contributed by atoms with van der Waals surface area (Å²) in [7, 11) is 4.94. The van der Waals surface area contributed by atoms with E-state index >= 15 is 0 Å². The van der Waals surface area contributed by atoms with E-state index in [1.165, 1.54) is 12.9 Å². The van der Waals surface area contributed by atoms with Crippen molar-refractivity contribution in [2.24, 2.45) is 0 Å². The molecule has 0 rings (SSSR count). The molecule has 0 aromatic carbocycles. The van der Waals surface area contributed by atoms with E-state index in [4.69, 9.17) is 0 Å². The van der Waals surface area contributed by atoms with Crippen LogP contribution in [-0.4, -0.2) is 62.4 Å². The number of hydrogen-bond acceptors (Lipinski definition) is 4. The van der Waals surface area contributed by atoms with Gasteiger partial charge in [0.15, 0.2) is 5.78 Å². The van der Waals surface area contributed by atoms with Crippen molar-refractivity contribution in [1.82, 2.24) is 9.80 Å². The quantitative estimate of drug-likeness (QED) is 0.628. The van der Waals surface area contributed by atoms with Gasteiger partial charge in [0.2, 0.25) is 0 Å². The third kappa shape index (κ3) is 4.68. The third-order valence-electron chi connectivity index (χ3n) is 3.37. The van der Waals surface area contributed by atoms with Gasteiger partial charge in [-0.25, -0.2) is 4.79 Å². The lowest BCUT2D eigenvalue weighted by atomic mass is 9.94. The van der Waals surface area contributed by atoms with Crippen LogP contribution in [0, 0.1) is 0 Å². The number of Topliss-reactive ketones (excluding diaryl/α,β-unsaturated/α-hetero) is 1. The van der Waals surface area contributed by atoms with Crippen LogP contribution in [-0.2, 0) is 9.45 Å². The van der Waals surface area contributed by atoms with E-state index in [9.17, 15) is 9.59 Å². The normalized spacial score (nSPS) is 11.4. The Labute approximate surface area is 111 Å². The maximum absolute atomic E-state index is 12.0.